The largest absolute Gasteiger partial charge is 0.496 e. The topological polar surface area (TPSA) is 46.6 Å². The van der Waals surface area contributed by atoms with Crippen molar-refractivity contribution in [2.24, 2.45) is 0 Å². The highest BCUT2D eigenvalue weighted by atomic mass is 16.5. The summed E-state index contributed by atoms with van der Waals surface area (Å²) < 4.78 is 5.30. The molecule has 19 heavy (non-hydrogen) atoms. The Hall–Kier alpha value is -1.84. The number of aldehydes is 1. The van der Waals surface area contributed by atoms with Crippen LogP contribution in [0.2, 0.25) is 0 Å². The number of hydrogen-bond acceptors (Lipinski definition) is 3. The predicted octanol–water partition coefficient (Wildman–Crippen LogP) is 2.15. The molecule has 1 aromatic carbocycles. The van der Waals surface area contributed by atoms with Crippen LogP contribution in [-0.2, 0) is 21.5 Å². The van der Waals surface area contributed by atoms with Gasteiger partial charge in [0, 0.05) is 19.2 Å². The average molecular weight is 263 g/mol. The van der Waals surface area contributed by atoms with Crippen molar-refractivity contribution >= 4 is 12.2 Å². The monoisotopic (exact) mass is 263 g/mol. The molecule has 0 N–H and O–H groups in total. The first-order chi connectivity index (χ1) is 8.79. The lowest BCUT2D eigenvalue weighted by atomic mass is 9.86. The molecule has 0 saturated heterocycles. The van der Waals surface area contributed by atoms with Gasteiger partial charge in [-0.1, -0.05) is 26.8 Å². The van der Waals surface area contributed by atoms with Gasteiger partial charge in [-0.15, -0.1) is 0 Å². The smallest absolute Gasteiger partial charge is 0.286 e. The Bertz CT molecular complexity index is 475. The van der Waals surface area contributed by atoms with E-state index in [0.29, 0.717) is 12.8 Å². The minimum atomic E-state index is -0.539. The molecule has 4 nitrogen and oxygen atoms in total. The Labute approximate surface area is 114 Å². The number of amides is 1. The molecule has 1 aromatic rings. The van der Waals surface area contributed by atoms with Crippen molar-refractivity contribution in [1.29, 1.82) is 0 Å². The van der Waals surface area contributed by atoms with Gasteiger partial charge in [-0.3, -0.25) is 9.59 Å². The zero-order chi connectivity index (χ0) is 14.6. The lowest BCUT2D eigenvalue weighted by molar-refractivity contribution is -0.138. The summed E-state index contributed by atoms with van der Waals surface area (Å²) in [6.07, 6.45) is 0.320. The normalized spacial score (nSPS) is 11.0. The zero-order valence-corrected chi connectivity index (χ0v) is 12.2. The maximum atomic E-state index is 11.3. The van der Waals surface area contributed by atoms with Gasteiger partial charge in [0.15, 0.2) is 0 Å². The minimum absolute atomic E-state index is 0.0221. The maximum absolute atomic E-state index is 11.3. The van der Waals surface area contributed by atoms with Crippen molar-refractivity contribution in [3.63, 3.8) is 0 Å². The van der Waals surface area contributed by atoms with E-state index in [4.69, 9.17) is 4.74 Å². The van der Waals surface area contributed by atoms with Crippen molar-refractivity contribution < 1.29 is 14.3 Å². The van der Waals surface area contributed by atoms with Gasteiger partial charge in [0.1, 0.15) is 5.75 Å². The van der Waals surface area contributed by atoms with E-state index in [1.54, 1.807) is 14.2 Å². The first kappa shape index (κ1) is 15.2. The number of benzene rings is 1. The van der Waals surface area contributed by atoms with Gasteiger partial charge in [-0.2, -0.15) is 0 Å². The van der Waals surface area contributed by atoms with E-state index in [0.717, 1.165) is 16.9 Å². The summed E-state index contributed by atoms with van der Waals surface area (Å²) in [6, 6.07) is 5.94. The third kappa shape index (κ3) is 3.81. The Morgan fingerprint density at radius 3 is 2.47 bits per heavy atom. The third-order valence-electron chi connectivity index (χ3n) is 3.03. The molecule has 0 aromatic heterocycles. The first-order valence-corrected chi connectivity index (χ1v) is 6.17. The van der Waals surface area contributed by atoms with Gasteiger partial charge in [-0.25, -0.2) is 0 Å². The molecule has 4 heteroatoms. The highest BCUT2D eigenvalue weighted by Gasteiger charge is 2.17. The van der Waals surface area contributed by atoms with Gasteiger partial charge in [0.05, 0.1) is 7.11 Å². The summed E-state index contributed by atoms with van der Waals surface area (Å²) in [5.41, 5.74) is 2.08. The van der Waals surface area contributed by atoms with E-state index in [1.807, 2.05) is 18.2 Å². The molecular weight excluding hydrogens is 242 g/mol. The van der Waals surface area contributed by atoms with Crippen LogP contribution in [0, 0.1) is 0 Å². The van der Waals surface area contributed by atoms with Crippen LogP contribution >= 0.6 is 0 Å². The molecule has 104 valence electrons. The Kier molecular flexibility index (Phi) is 4.70. The zero-order valence-electron chi connectivity index (χ0n) is 12.2. The van der Waals surface area contributed by atoms with Gasteiger partial charge < -0.3 is 9.64 Å². The SMILES string of the molecule is COc1ccc(C(C)(C)C)cc1CN(C)C(=O)C=O. The fourth-order valence-corrected chi connectivity index (χ4v) is 1.79. The van der Waals surface area contributed by atoms with Crippen LogP contribution in [0.25, 0.3) is 0 Å². The van der Waals surface area contributed by atoms with Crippen LogP contribution in [0.4, 0.5) is 0 Å². The van der Waals surface area contributed by atoms with Crippen molar-refractivity contribution in [3.8, 4) is 5.75 Å². The quantitative estimate of drug-likeness (QED) is 0.617. The minimum Gasteiger partial charge on any atom is -0.496 e. The van der Waals surface area contributed by atoms with Crippen LogP contribution in [0.15, 0.2) is 18.2 Å². The fraction of sp³-hybridized carbons (Fsp3) is 0.467. The molecule has 0 aliphatic rings. The predicted molar refractivity (Wildman–Crippen MR) is 74.2 cm³/mol. The number of nitrogens with zero attached hydrogens (tertiary/aromatic N) is 1. The molecule has 0 bridgehead atoms. The summed E-state index contributed by atoms with van der Waals surface area (Å²) in [7, 11) is 3.19. The number of rotatable bonds is 4. The molecule has 1 amide bonds. The number of carbonyl (C=O) groups is 2. The number of methoxy groups -OCH3 is 1. The summed E-state index contributed by atoms with van der Waals surface area (Å²) in [6.45, 7) is 6.72. The van der Waals surface area contributed by atoms with Crippen LogP contribution in [0.1, 0.15) is 31.9 Å². The molecule has 0 unspecified atom stereocenters. The second kappa shape index (κ2) is 5.87. The molecule has 0 spiro atoms. The molecule has 0 atom stereocenters. The van der Waals surface area contributed by atoms with Gasteiger partial charge in [-0.05, 0) is 23.1 Å². The van der Waals surface area contributed by atoms with E-state index in [9.17, 15) is 9.59 Å². The highest BCUT2D eigenvalue weighted by Crippen LogP contribution is 2.28. The van der Waals surface area contributed by atoms with Crippen LogP contribution in [-0.4, -0.2) is 31.3 Å². The molecule has 0 aliphatic heterocycles. The van der Waals surface area contributed by atoms with E-state index >= 15 is 0 Å². The molecule has 0 fully saturated rings. The second-order valence-corrected chi connectivity index (χ2v) is 5.59. The molecule has 0 saturated carbocycles. The Morgan fingerprint density at radius 1 is 1.37 bits per heavy atom. The molecule has 0 radical (unpaired) electrons. The molecular formula is C15H21NO3. The van der Waals surface area contributed by atoms with E-state index in [1.165, 1.54) is 4.90 Å². The van der Waals surface area contributed by atoms with Crippen molar-refractivity contribution in [2.75, 3.05) is 14.2 Å². The first-order valence-electron chi connectivity index (χ1n) is 6.17. The third-order valence-corrected chi connectivity index (χ3v) is 3.03. The fourth-order valence-electron chi connectivity index (χ4n) is 1.79. The lowest BCUT2D eigenvalue weighted by Gasteiger charge is -2.22. The van der Waals surface area contributed by atoms with Crippen molar-refractivity contribution in [3.05, 3.63) is 29.3 Å². The van der Waals surface area contributed by atoms with Crippen LogP contribution in [0.3, 0.4) is 0 Å². The maximum Gasteiger partial charge on any atom is 0.286 e. The molecule has 0 heterocycles. The Morgan fingerprint density at radius 2 is 2.00 bits per heavy atom. The standard InChI is InChI=1S/C15H21NO3/c1-15(2,3)12-6-7-13(19-5)11(8-12)9-16(4)14(18)10-17/h6-8,10H,9H2,1-5H3. The molecule has 0 aliphatic carbocycles. The average Bonchev–Trinajstić information content (AvgIpc) is 2.36. The van der Waals surface area contributed by atoms with E-state index in [-0.39, 0.29) is 5.41 Å². The summed E-state index contributed by atoms with van der Waals surface area (Å²) in [4.78, 5) is 23.2. The van der Waals surface area contributed by atoms with Gasteiger partial charge in [0.2, 0.25) is 6.29 Å². The van der Waals surface area contributed by atoms with E-state index < -0.39 is 5.91 Å². The lowest BCUT2D eigenvalue weighted by Crippen LogP contribution is -2.27. The van der Waals surface area contributed by atoms with Crippen LogP contribution < -0.4 is 4.74 Å². The summed E-state index contributed by atoms with van der Waals surface area (Å²) in [5, 5.41) is 0. The van der Waals surface area contributed by atoms with Crippen LogP contribution in [0.5, 0.6) is 5.75 Å². The number of hydrogen-bond donors (Lipinski definition) is 0. The van der Waals surface area contributed by atoms with E-state index in [2.05, 4.69) is 20.8 Å². The van der Waals surface area contributed by atoms with Crippen molar-refractivity contribution in [2.45, 2.75) is 32.7 Å². The van der Waals surface area contributed by atoms with Gasteiger partial charge in [0.25, 0.3) is 5.91 Å². The molecule has 1 rings (SSSR count). The van der Waals surface area contributed by atoms with Crippen molar-refractivity contribution in [1.82, 2.24) is 4.90 Å². The second-order valence-electron chi connectivity index (χ2n) is 5.59. The highest BCUT2D eigenvalue weighted by molar-refractivity contribution is 6.23. The number of likely N-dealkylation sites (N-methyl/N-ethyl adjacent to an activating group) is 1. The Balaban J connectivity index is 3.09. The number of ether oxygens (including phenoxy) is 1. The summed E-state index contributed by atoms with van der Waals surface area (Å²) in [5.74, 6) is 0.182. The van der Waals surface area contributed by atoms with Gasteiger partial charge >= 0.3 is 0 Å². The summed E-state index contributed by atoms with van der Waals surface area (Å²) >= 11 is 0. The number of carbonyl (C=O) groups excluding carboxylic acids is 2.